The molecule has 0 aliphatic carbocycles. The van der Waals surface area contributed by atoms with Crippen LogP contribution in [0.3, 0.4) is 0 Å². The topological polar surface area (TPSA) is 136 Å². The number of anilines is 2. The number of nitrogen functional groups attached to an aromatic ring is 1. The molecule has 2 heterocycles. The minimum atomic E-state index is -0.742. The third-order valence-corrected chi connectivity index (χ3v) is 4.71. The second-order valence-electron chi connectivity index (χ2n) is 6.63. The Labute approximate surface area is 165 Å². The number of carbonyl (C=O) groups excluding carboxylic acids is 1. The normalized spacial score (nSPS) is 11.0. The lowest BCUT2D eigenvalue weighted by Crippen LogP contribution is -2.40. The monoisotopic (exact) mass is 398 g/mol. The van der Waals surface area contributed by atoms with Gasteiger partial charge in [-0.1, -0.05) is 25.5 Å². The van der Waals surface area contributed by atoms with E-state index in [2.05, 4.69) is 10.1 Å². The molecule has 0 spiro atoms. The van der Waals surface area contributed by atoms with Gasteiger partial charge in [0.1, 0.15) is 12.4 Å². The fourth-order valence-corrected chi connectivity index (χ4v) is 3.09. The first-order valence-electron chi connectivity index (χ1n) is 9.19. The van der Waals surface area contributed by atoms with Crippen LogP contribution in [0, 0.1) is 0 Å². The fraction of sp³-hybridized carbons (Fsp3) is 0.316. The van der Waals surface area contributed by atoms with Gasteiger partial charge in [-0.25, -0.2) is 4.79 Å². The van der Waals surface area contributed by atoms with Crippen LogP contribution in [0.1, 0.15) is 19.8 Å². The van der Waals surface area contributed by atoms with E-state index in [1.54, 1.807) is 24.3 Å². The largest absolute Gasteiger partial charge is 0.383 e. The smallest absolute Gasteiger partial charge is 0.330 e. The summed E-state index contributed by atoms with van der Waals surface area (Å²) in [5, 5.41) is 4.46. The highest BCUT2D eigenvalue weighted by atomic mass is 16.2. The summed E-state index contributed by atoms with van der Waals surface area (Å²) in [7, 11) is 1.41. The van der Waals surface area contributed by atoms with Gasteiger partial charge in [0, 0.05) is 19.0 Å². The second-order valence-corrected chi connectivity index (χ2v) is 6.63. The summed E-state index contributed by atoms with van der Waals surface area (Å²) in [6.07, 6.45) is 2.67. The Morgan fingerprint density at radius 3 is 2.69 bits per heavy atom. The summed E-state index contributed by atoms with van der Waals surface area (Å²) < 4.78 is 2.63. The van der Waals surface area contributed by atoms with Gasteiger partial charge in [0.15, 0.2) is 5.69 Å². The van der Waals surface area contributed by atoms with Gasteiger partial charge in [-0.3, -0.25) is 28.6 Å². The Balaban J connectivity index is 1.98. The van der Waals surface area contributed by atoms with Crippen LogP contribution < -0.4 is 27.3 Å². The van der Waals surface area contributed by atoms with E-state index in [0.29, 0.717) is 23.9 Å². The maximum Gasteiger partial charge on any atom is 0.330 e. The number of hydrogen-bond donors (Lipinski definition) is 2. The molecule has 1 aromatic carbocycles. The minimum Gasteiger partial charge on any atom is -0.383 e. The van der Waals surface area contributed by atoms with Crippen molar-refractivity contribution in [1.29, 1.82) is 0 Å². The average Bonchev–Trinajstić information content (AvgIpc) is 2.69. The molecule has 0 saturated carbocycles. The number of nitrogens with one attached hydrogen (secondary N) is 1. The molecule has 3 N–H and O–H groups in total. The van der Waals surface area contributed by atoms with Crippen molar-refractivity contribution in [3.63, 3.8) is 0 Å². The van der Waals surface area contributed by atoms with Crippen molar-refractivity contribution in [2.45, 2.75) is 32.9 Å². The SMILES string of the molecule is CCCCn1c(N)c(N(C)C(=O)Cn2ncc(=O)c3ccccc32)c(=O)[nH]c1=O. The van der Waals surface area contributed by atoms with Gasteiger partial charge in [0.05, 0.1) is 11.7 Å². The number of unbranched alkanes of at least 4 members (excludes halogenated alkanes) is 1. The zero-order valence-corrected chi connectivity index (χ0v) is 16.2. The molecule has 2 aromatic heterocycles. The van der Waals surface area contributed by atoms with Crippen LogP contribution in [0.4, 0.5) is 11.5 Å². The number of rotatable bonds is 6. The number of likely N-dealkylation sites (N-methyl/N-ethyl adjacent to an activating group) is 1. The minimum absolute atomic E-state index is 0.0687. The van der Waals surface area contributed by atoms with Crippen LogP contribution in [0.25, 0.3) is 10.9 Å². The third kappa shape index (κ3) is 3.82. The molecule has 1 amide bonds. The molecule has 0 unspecified atom stereocenters. The van der Waals surface area contributed by atoms with Crippen molar-refractivity contribution in [3.8, 4) is 0 Å². The number of carbonyl (C=O) groups is 1. The van der Waals surface area contributed by atoms with Gasteiger partial charge in [0.25, 0.3) is 5.56 Å². The summed E-state index contributed by atoms with van der Waals surface area (Å²) in [6, 6.07) is 6.79. The molecule has 152 valence electrons. The van der Waals surface area contributed by atoms with E-state index in [4.69, 9.17) is 5.73 Å². The Morgan fingerprint density at radius 2 is 1.97 bits per heavy atom. The summed E-state index contributed by atoms with van der Waals surface area (Å²) in [5.41, 5.74) is 4.85. The van der Waals surface area contributed by atoms with Gasteiger partial charge in [-0.2, -0.15) is 5.10 Å². The first-order valence-corrected chi connectivity index (χ1v) is 9.19. The first-order chi connectivity index (χ1) is 13.8. The molecular formula is C19H22N6O4. The zero-order valence-electron chi connectivity index (χ0n) is 16.2. The number of para-hydroxylation sites is 1. The fourth-order valence-electron chi connectivity index (χ4n) is 3.09. The van der Waals surface area contributed by atoms with Gasteiger partial charge in [-0.05, 0) is 18.6 Å². The molecule has 10 nitrogen and oxygen atoms in total. The van der Waals surface area contributed by atoms with E-state index >= 15 is 0 Å². The van der Waals surface area contributed by atoms with E-state index in [1.807, 2.05) is 6.92 Å². The molecule has 3 aromatic rings. The Kier molecular flexibility index (Phi) is 5.62. The molecule has 0 aliphatic rings. The number of nitrogens with two attached hydrogens (primary N) is 1. The van der Waals surface area contributed by atoms with Crippen LogP contribution in [0.2, 0.25) is 0 Å². The van der Waals surface area contributed by atoms with Gasteiger partial charge in [0.2, 0.25) is 11.3 Å². The number of H-pyrrole nitrogens is 1. The van der Waals surface area contributed by atoms with E-state index in [9.17, 15) is 19.2 Å². The highest BCUT2D eigenvalue weighted by Gasteiger charge is 2.21. The van der Waals surface area contributed by atoms with Crippen molar-refractivity contribution < 1.29 is 4.79 Å². The van der Waals surface area contributed by atoms with Crippen molar-refractivity contribution >= 4 is 28.3 Å². The number of aromatic amines is 1. The van der Waals surface area contributed by atoms with Gasteiger partial charge < -0.3 is 10.6 Å². The van der Waals surface area contributed by atoms with Crippen molar-refractivity contribution in [2.75, 3.05) is 17.7 Å². The predicted octanol–water partition coefficient (Wildman–Crippen LogP) is 0.292. The summed E-state index contributed by atoms with van der Waals surface area (Å²) in [4.78, 5) is 52.5. The predicted molar refractivity (Wildman–Crippen MR) is 110 cm³/mol. The molecule has 3 rings (SSSR count). The second kappa shape index (κ2) is 8.13. The van der Waals surface area contributed by atoms with Crippen LogP contribution in [-0.2, 0) is 17.9 Å². The molecule has 0 fully saturated rings. The van der Waals surface area contributed by atoms with Gasteiger partial charge >= 0.3 is 5.69 Å². The molecular weight excluding hydrogens is 376 g/mol. The number of benzene rings is 1. The van der Waals surface area contributed by atoms with Crippen LogP contribution in [0.5, 0.6) is 0 Å². The molecule has 0 saturated heterocycles. The first kappa shape index (κ1) is 20.1. The number of fused-ring (bicyclic) bond motifs is 1. The highest BCUT2D eigenvalue weighted by Crippen LogP contribution is 2.16. The highest BCUT2D eigenvalue weighted by molar-refractivity contribution is 5.95. The van der Waals surface area contributed by atoms with Crippen molar-refractivity contribution in [2.24, 2.45) is 0 Å². The third-order valence-electron chi connectivity index (χ3n) is 4.71. The molecule has 29 heavy (non-hydrogen) atoms. The van der Waals surface area contributed by atoms with Crippen LogP contribution >= 0.6 is 0 Å². The van der Waals surface area contributed by atoms with Crippen LogP contribution in [0.15, 0.2) is 44.8 Å². The van der Waals surface area contributed by atoms with Crippen molar-refractivity contribution in [3.05, 3.63) is 61.5 Å². The molecule has 10 heteroatoms. The Bertz CT molecular complexity index is 1240. The van der Waals surface area contributed by atoms with E-state index in [1.165, 1.54) is 16.3 Å². The van der Waals surface area contributed by atoms with Crippen molar-refractivity contribution in [1.82, 2.24) is 19.3 Å². The van der Waals surface area contributed by atoms with Gasteiger partial charge in [-0.15, -0.1) is 0 Å². The maximum absolute atomic E-state index is 12.8. The summed E-state index contributed by atoms with van der Waals surface area (Å²) in [5.74, 6) is -0.551. The summed E-state index contributed by atoms with van der Waals surface area (Å²) >= 11 is 0. The lowest BCUT2D eigenvalue weighted by atomic mass is 10.2. The number of hydrogen-bond acceptors (Lipinski definition) is 6. The van der Waals surface area contributed by atoms with E-state index in [0.717, 1.165) is 17.5 Å². The molecule has 0 radical (unpaired) electrons. The number of amides is 1. The summed E-state index contributed by atoms with van der Waals surface area (Å²) in [6.45, 7) is 2.08. The zero-order chi connectivity index (χ0) is 21.1. The van der Waals surface area contributed by atoms with E-state index in [-0.39, 0.29) is 23.5 Å². The number of nitrogens with zero attached hydrogens (tertiary/aromatic N) is 4. The quantitative estimate of drug-likeness (QED) is 0.613. The maximum atomic E-state index is 12.8. The van der Waals surface area contributed by atoms with E-state index < -0.39 is 17.2 Å². The Hall–Kier alpha value is -3.69. The average molecular weight is 398 g/mol. The Morgan fingerprint density at radius 1 is 1.24 bits per heavy atom. The molecule has 0 bridgehead atoms. The lowest BCUT2D eigenvalue weighted by molar-refractivity contribution is -0.119. The standard InChI is InChI=1S/C19H22N6O4/c1-3-4-9-24-17(20)16(18(28)22-19(24)29)23(2)15(27)11-25-13-8-6-5-7-12(13)14(26)10-21-25/h5-8,10H,3-4,9,11,20H2,1-2H3,(H,22,28,29). The lowest BCUT2D eigenvalue weighted by Gasteiger charge is -2.21. The number of aromatic nitrogens is 4. The molecule has 0 atom stereocenters. The van der Waals surface area contributed by atoms with Crippen LogP contribution in [-0.4, -0.2) is 32.3 Å². The molecule has 0 aliphatic heterocycles.